The number of aromatic nitrogens is 4. The van der Waals surface area contributed by atoms with Crippen molar-refractivity contribution in [2.45, 2.75) is 38.5 Å². The van der Waals surface area contributed by atoms with Gasteiger partial charge in [-0.1, -0.05) is 12.1 Å². The molecular weight excluding hydrogens is 374 g/mol. The van der Waals surface area contributed by atoms with E-state index in [1.807, 2.05) is 24.5 Å². The van der Waals surface area contributed by atoms with E-state index < -0.39 is 0 Å². The Bertz CT molecular complexity index is 871. The Morgan fingerprint density at radius 1 is 0.533 bits per heavy atom. The smallest absolute Gasteiger partial charge is 0.147 e. The molecular formula is C23H29N7. The SMILES string of the molecule is c1cnc2c(c1)CCCCN2.c1cnc2c(c1)CCN2.c1cnc2c(n1)CCCN2. The fraction of sp³-hybridized carbons (Fsp3) is 0.391. The molecule has 0 spiro atoms. The van der Waals surface area contributed by atoms with Crippen molar-refractivity contribution in [1.29, 1.82) is 0 Å². The number of aryl methyl sites for hydroxylation is 2. The average molecular weight is 404 g/mol. The molecule has 0 aliphatic carbocycles. The van der Waals surface area contributed by atoms with Crippen molar-refractivity contribution in [2.24, 2.45) is 0 Å². The molecule has 30 heavy (non-hydrogen) atoms. The van der Waals surface area contributed by atoms with Crippen molar-refractivity contribution in [3.8, 4) is 0 Å². The number of nitrogens with one attached hydrogen (secondary N) is 3. The number of hydrogen-bond donors (Lipinski definition) is 3. The molecule has 0 radical (unpaired) electrons. The van der Waals surface area contributed by atoms with Crippen LogP contribution in [0.5, 0.6) is 0 Å². The van der Waals surface area contributed by atoms with Crippen LogP contribution in [0.4, 0.5) is 17.5 Å². The first kappa shape index (κ1) is 20.1. The Labute approximate surface area is 177 Å². The molecule has 3 N–H and O–H groups in total. The third-order valence-corrected chi connectivity index (χ3v) is 5.29. The summed E-state index contributed by atoms with van der Waals surface area (Å²) >= 11 is 0. The Morgan fingerprint density at radius 2 is 1.17 bits per heavy atom. The molecule has 0 atom stereocenters. The predicted molar refractivity (Wildman–Crippen MR) is 121 cm³/mol. The Kier molecular flexibility index (Phi) is 7.04. The fourth-order valence-corrected chi connectivity index (χ4v) is 3.72. The van der Waals surface area contributed by atoms with Gasteiger partial charge < -0.3 is 16.0 Å². The third kappa shape index (κ3) is 5.43. The first-order valence-electron chi connectivity index (χ1n) is 10.8. The number of hydrogen-bond acceptors (Lipinski definition) is 7. The van der Waals surface area contributed by atoms with Gasteiger partial charge in [0.2, 0.25) is 0 Å². The molecule has 3 aromatic rings. The molecule has 0 unspecified atom stereocenters. The van der Waals surface area contributed by atoms with Gasteiger partial charge in [0, 0.05) is 44.4 Å². The Morgan fingerprint density at radius 3 is 1.97 bits per heavy atom. The summed E-state index contributed by atoms with van der Waals surface area (Å²) in [6.45, 7) is 3.15. The van der Waals surface area contributed by atoms with Crippen molar-refractivity contribution in [3.63, 3.8) is 0 Å². The molecule has 3 aromatic heterocycles. The highest BCUT2D eigenvalue weighted by Crippen LogP contribution is 2.18. The number of pyridine rings is 2. The highest BCUT2D eigenvalue weighted by molar-refractivity contribution is 5.48. The molecule has 0 bridgehead atoms. The van der Waals surface area contributed by atoms with Gasteiger partial charge in [-0.15, -0.1) is 0 Å². The third-order valence-electron chi connectivity index (χ3n) is 5.29. The van der Waals surface area contributed by atoms with E-state index in [9.17, 15) is 0 Å². The molecule has 156 valence electrons. The summed E-state index contributed by atoms with van der Waals surface area (Å²) in [6.07, 6.45) is 14.2. The van der Waals surface area contributed by atoms with Gasteiger partial charge in [-0.25, -0.2) is 15.0 Å². The van der Waals surface area contributed by atoms with Crippen molar-refractivity contribution >= 4 is 17.5 Å². The lowest BCUT2D eigenvalue weighted by atomic mass is 10.1. The zero-order chi connectivity index (χ0) is 20.4. The lowest BCUT2D eigenvalue weighted by Gasteiger charge is -2.13. The highest BCUT2D eigenvalue weighted by atomic mass is 15.0. The van der Waals surface area contributed by atoms with Crippen LogP contribution in [0.1, 0.15) is 36.1 Å². The Hall–Kier alpha value is -3.22. The van der Waals surface area contributed by atoms with Crippen LogP contribution < -0.4 is 16.0 Å². The summed E-state index contributed by atoms with van der Waals surface area (Å²) in [5.41, 5.74) is 3.82. The van der Waals surface area contributed by atoms with Gasteiger partial charge in [-0.05, 0) is 61.8 Å². The second-order valence-electron chi connectivity index (χ2n) is 7.46. The van der Waals surface area contributed by atoms with Crippen LogP contribution in [0, 0.1) is 0 Å². The topological polar surface area (TPSA) is 87.7 Å². The maximum atomic E-state index is 4.27. The van der Waals surface area contributed by atoms with E-state index in [0.29, 0.717) is 0 Å². The summed E-state index contributed by atoms with van der Waals surface area (Å²) in [5.74, 6) is 3.12. The van der Waals surface area contributed by atoms with Crippen LogP contribution in [0.2, 0.25) is 0 Å². The highest BCUT2D eigenvalue weighted by Gasteiger charge is 2.09. The van der Waals surface area contributed by atoms with E-state index >= 15 is 0 Å². The lowest BCUT2D eigenvalue weighted by Crippen LogP contribution is -2.14. The van der Waals surface area contributed by atoms with E-state index in [1.54, 1.807) is 12.4 Å². The molecule has 7 heteroatoms. The number of nitrogens with zero attached hydrogens (tertiary/aromatic N) is 4. The van der Waals surface area contributed by atoms with Gasteiger partial charge in [-0.2, -0.15) is 0 Å². The normalized spacial score (nSPS) is 15.6. The van der Waals surface area contributed by atoms with Crippen LogP contribution in [-0.2, 0) is 19.3 Å². The van der Waals surface area contributed by atoms with Gasteiger partial charge in [0.05, 0.1) is 5.69 Å². The van der Waals surface area contributed by atoms with Gasteiger partial charge in [0.25, 0.3) is 0 Å². The first-order valence-corrected chi connectivity index (χ1v) is 10.8. The van der Waals surface area contributed by atoms with Crippen LogP contribution in [0.3, 0.4) is 0 Å². The zero-order valence-electron chi connectivity index (χ0n) is 17.3. The summed E-state index contributed by atoms with van der Waals surface area (Å²) in [6, 6.07) is 8.25. The summed E-state index contributed by atoms with van der Waals surface area (Å²) in [4.78, 5) is 16.8. The van der Waals surface area contributed by atoms with E-state index in [-0.39, 0.29) is 0 Å². The minimum absolute atomic E-state index is 0.966. The van der Waals surface area contributed by atoms with E-state index in [0.717, 1.165) is 55.6 Å². The largest absolute Gasteiger partial charge is 0.370 e. The maximum absolute atomic E-state index is 4.27. The van der Waals surface area contributed by atoms with Crippen molar-refractivity contribution in [2.75, 3.05) is 35.6 Å². The maximum Gasteiger partial charge on any atom is 0.147 e. The van der Waals surface area contributed by atoms with Gasteiger partial charge in [0.1, 0.15) is 17.5 Å². The monoisotopic (exact) mass is 403 g/mol. The van der Waals surface area contributed by atoms with Crippen molar-refractivity contribution in [1.82, 2.24) is 19.9 Å². The lowest BCUT2D eigenvalue weighted by molar-refractivity contribution is 0.785. The molecule has 0 saturated heterocycles. The molecule has 3 aliphatic rings. The van der Waals surface area contributed by atoms with Crippen LogP contribution >= 0.6 is 0 Å². The van der Waals surface area contributed by atoms with Crippen LogP contribution in [0.15, 0.2) is 49.1 Å². The van der Waals surface area contributed by atoms with Crippen molar-refractivity contribution < 1.29 is 0 Å². The minimum Gasteiger partial charge on any atom is -0.370 e. The second-order valence-corrected chi connectivity index (χ2v) is 7.46. The summed E-state index contributed by atoms with van der Waals surface area (Å²) in [7, 11) is 0. The fourth-order valence-electron chi connectivity index (χ4n) is 3.72. The molecule has 0 fully saturated rings. The predicted octanol–water partition coefficient (Wildman–Crippen LogP) is 3.71. The second kappa shape index (κ2) is 10.5. The van der Waals surface area contributed by atoms with E-state index in [4.69, 9.17) is 0 Å². The standard InChI is InChI=1S/C9H12N2.C7H9N3.C7H8N2/c1-2-6-10-9-8(4-1)5-3-7-11-9;1-2-6-7(9-3-1)10-5-4-8-6;1-2-6-3-5-9-7(6)8-4-1/h3,5,7H,1-2,4,6H2,(H,10,11);4-5H,1-3H2,(H,9,10);1-2,4H,3,5H2,(H,8,9). The van der Waals surface area contributed by atoms with Gasteiger partial charge >= 0.3 is 0 Å². The number of rotatable bonds is 0. The van der Waals surface area contributed by atoms with Crippen LogP contribution in [0.25, 0.3) is 0 Å². The quantitative estimate of drug-likeness (QED) is 0.527. The van der Waals surface area contributed by atoms with Crippen molar-refractivity contribution in [3.05, 3.63) is 65.9 Å². The van der Waals surface area contributed by atoms with Gasteiger partial charge in [-0.3, -0.25) is 4.98 Å². The molecule has 6 heterocycles. The summed E-state index contributed by atoms with van der Waals surface area (Å²) in [5, 5.41) is 9.69. The Balaban J connectivity index is 0.000000109. The number of anilines is 3. The molecule has 0 saturated carbocycles. The minimum atomic E-state index is 0.966. The summed E-state index contributed by atoms with van der Waals surface area (Å²) < 4.78 is 0. The van der Waals surface area contributed by atoms with E-state index in [2.05, 4.69) is 48.0 Å². The molecule has 6 rings (SSSR count). The first-order chi connectivity index (χ1) is 14.9. The zero-order valence-corrected chi connectivity index (χ0v) is 17.3. The molecule has 3 aliphatic heterocycles. The molecule has 7 nitrogen and oxygen atoms in total. The average Bonchev–Trinajstić information content (AvgIpc) is 3.17. The molecule has 0 amide bonds. The van der Waals surface area contributed by atoms with Crippen LogP contribution in [-0.4, -0.2) is 39.6 Å². The molecule has 0 aromatic carbocycles. The van der Waals surface area contributed by atoms with Gasteiger partial charge in [0.15, 0.2) is 0 Å². The number of fused-ring (bicyclic) bond motifs is 3. The van der Waals surface area contributed by atoms with E-state index in [1.165, 1.54) is 36.8 Å².